The van der Waals surface area contributed by atoms with Crippen molar-refractivity contribution in [3.05, 3.63) is 69.0 Å². The summed E-state index contributed by atoms with van der Waals surface area (Å²) in [6.45, 7) is 2.84. The number of esters is 3. The second-order valence-corrected chi connectivity index (χ2v) is 15.8. The normalized spacial score (nSPS) is 22.3. The Labute approximate surface area is 332 Å². The zero-order valence-corrected chi connectivity index (χ0v) is 34.0. The second-order valence-electron chi connectivity index (χ2n) is 14.1. The van der Waals surface area contributed by atoms with Crippen LogP contribution in [-0.4, -0.2) is 104 Å². The number of ether oxygens (including phenoxy) is 7. The molecule has 2 aromatic rings. The predicted molar refractivity (Wildman–Crippen MR) is 195 cm³/mol. The number of fused-ring (bicyclic) bond motifs is 1. The molecule has 0 spiro atoms. The van der Waals surface area contributed by atoms with Crippen LogP contribution in [0, 0.1) is 17.8 Å². The third-order valence-electron chi connectivity index (χ3n) is 8.84. The Morgan fingerprint density at radius 2 is 1.50 bits per heavy atom. The van der Waals surface area contributed by atoms with Crippen molar-refractivity contribution in [3.8, 4) is 0 Å². The first-order valence-electron chi connectivity index (χ1n) is 18.2. The Bertz CT molecular complexity index is 1880. The van der Waals surface area contributed by atoms with Crippen LogP contribution in [0.2, 0.25) is 0 Å². The van der Waals surface area contributed by atoms with Crippen LogP contribution in [-0.2, 0) is 72.4 Å². The molecular formula is C36H49FN3O17P. The van der Waals surface area contributed by atoms with Gasteiger partial charge in [0.2, 0.25) is 13.6 Å². The maximum Gasteiger partial charge on any atom is 0.480 e. The van der Waals surface area contributed by atoms with Crippen LogP contribution in [0.5, 0.6) is 0 Å². The molecule has 0 aliphatic carbocycles. The van der Waals surface area contributed by atoms with E-state index in [0.717, 1.165) is 16.8 Å². The SMILES string of the molecule is COC1O[C@H]2[C@H](n3ccc(=O)n(COC(=O)C(NCC(=O)c4ccccc4)C(C)C)c3=O)O[C@](CF)(COP(=O)(OCOC(=O)C(C)C)OCOC(=O)C(C)C)[C@H]2O1. The van der Waals surface area contributed by atoms with Crippen LogP contribution >= 0.6 is 7.82 Å². The number of nitrogens with one attached hydrogen (secondary N) is 1. The molecule has 6 atom stereocenters. The van der Waals surface area contributed by atoms with Crippen molar-refractivity contribution < 1.29 is 74.9 Å². The van der Waals surface area contributed by atoms with Gasteiger partial charge in [0.05, 0.1) is 25.0 Å². The zero-order chi connectivity index (χ0) is 42.8. The van der Waals surface area contributed by atoms with E-state index in [1.165, 1.54) is 34.8 Å². The number of phosphoric ester groups is 1. The molecule has 2 saturated heterocycles. The van der Waals surface area contributed by atoms with Gasteiger partial charge in [-0.2, -0.15) is 0 Å². The average Bonchev–Trinajstić information content (AvgIpc) is 3.75. The summed E-state index contributed by atoms with van der Waals surface area (Å²) in [5.41, 5.74) is -3.75. The van der Waals surface area contributed by atoms with Crippen LogP contribution in [0.1, 0.15) is 58.1 Å². The predicted octanol–water partition coefficient (Wildman–Crippen LogP) is 2.43. The fraction of sp³-hybridized carbons (Fsp3) is 0.611. The molecule has 0 amide bonds. The Morgan fingerprint density at radius 1 is 0.879 bits per heavy atom. The van der Waals surface area contributed by atoms with Gasteiger partial charge in [-0.1, -0.05) is 71.9 Å². The lowest BCUT2D eigenvalue weighted by Crippen LogP contribution is -2.48. The summed E-state index contributed by atoms with van der Waals surface area (Å²) in [5, 5.41) is 2.87. The first-order chi connectivity index (χ1) is 27.5. The highest BCUT2D eigenvalue weighted by atomic mass is 31.2. The lowest BCUT2D eigenvalue weighted by molar-refractivity contribution is -0.272. The van der Waals surface area contributed by atoms with Crippen LogP contribution < -0.4 is 16.6 Å². The van der Waals surface area contributed by atoms with Crippen LogP contribution in [0.4, 0.5) is 4.39 Å². The maximum absolute atomic E-state index is 15.3. The maximum atomic E-state index is 15.3. The van der Waals surface area contributed by atoms with E-state index in [9.17, 15) is 33.3 Å². The Morgan fingerprint density at radius 3 is 2.05 bits per heavy atom. The number of phosphoric acid groups is 1. The molecule has 3 heterocycles. The Kier molecular flexibility index (Phi) is 16.6. The number of hydrogen-bond acceptors (Lipinski definition) is 18. The van der Waals surface area contributed by atoms with E-state index in [2.05, 4.69) is 5.32 Å². The Hall–Kier alpha value is -4.18. The molecule has 2 aliphatic rings. The monoisotopic (exact) mass is 845 g/mol. The zero-order valence-electron chi connectivity index (χ0n) is 33.1. The average molecular weight is 846 g/mol. The van der Waals surface area contributed by atoms with E-state index >= 15 is 4.39 Å². The summed E-state index contributed by atoms with van der Waals surface area (Å²) < 4.78 is 84.0. The number of alkyl halides is 1. The van der Waals surface area contributed by atoms with Crippen molar-refractivity contribution in [2.45, 2.75) is 84.8 Å². The number of aromatic nitrogens is 2. The molecule has 2 unspecified atom stereocenters. The third kappa shape index (κ3) is 11.5. The van der Waals surface area contributed by atoms with Gasteiger partial charge in [0.15, 0.2) is 24.3 Å². The lowest BCUT2D eigenvalue weighted by atomic mass is 9.98. The van der Waals surface area contributed by atoms with Crippen LogP contribution in [0.15, 0.2) is 52.2 Å². The van der Waals surface area contributed by atoms with Crippen LogP contribution in [0.3, 0.4) is 0 Å². The van der Waals surface area contributed by atoms with Gasteiger partial charge >= 0.3 is 31.4 Å². The molecule has 1 aromatic heterocycles. The molecule has 0 bridgehead atoms. The summed E-state index contributed by atoms with van der Waals surface area (Å²) in [6.07, 6.45) is -3.28. The van der Waals surface area contributed by atoms with Crippen molar-refractivity contribution in [3.63, 3.8) is 0 Å². The molecular weight excluding hydrogens is 796 g/mol. The molecule has 58 heavy (non-hydrogen) atoms. The molecule has 22 heteroatoms. The summed E-state index contributed by atoms with van der Waals surface area (Å²) in [6, 6.07) is 8.39. The second kappa shape index (κ2) is 20.7. The standard InChI is InChI=1S/C36H49FN3O17P/c1-21(2)27(38-15-25(41)24-11-9-8-10-12-24)33(45)49-18-40-26(42)13-14-39(34(40)46)30-28-29(56-35(48-7)55-28)36(16-37,57-30)17-52-58(47,53-19-50-31(43)22(3)4)54-20-51-32(44)23(5)6/h8-14,21-23,27-30,35,38H,15-20H2,1-7H3/t27?,28-,29+,30-,35?,36-/m1/s1. The summed E-state index contributed by atoms with van der Waals surface area (Å²) in [4.78, 5) is 76.5. The molecule has 2 aliphatic heterocycles. The third-order valence-corrected chi connectivity index (χ3v) is 10.1. The minimum atomic E-state index is -4.85. The summed E-state index contributed by atoms with van der Waals surface area (Å²) in [7, 11) is -3.63. The molecule has 1 aromatic carbocycles. The molecule has 20 nitrogen and oxygen atoms in total. The van der Waals surface area contributed by atoms with Crippen molar-refractivity contribution in [2.24, 2.45) is 17.8 Å². The van der Waals surface area contributed by atoms with Crippen LogP contribution in [0.25, 0.3) is 0 Å². The highest BCUT2D eigenvalue weighted by molar-refractivity contribution is 7.48. The number of methoxy groups -OCH3 is 1. The largest absolute Gasteiger partial charge is 0.480 e. The first kappa shape index (κ1) is 46.5. The number of rotatable bonds is 22. The number of carbonyl (C=O) groups is 4. The number of carbonyl (C=O) groups excluding carboxylic acids is 4. The van der Waals surface area contributed by atoms with Crippen molar-refractivity contribution in [1.29, 1.82) is 0 Å². The number of Topliss-reactive ketones (excluding diaryl/α,β-unsaturated/α-hetero) is 1. The minimum absolute atomic E-state index is 0.197. The number of benzene rings is 1. The van der Waals surface area contributed by atoms with Gasteiger partial charge in [-0.3, -0.25) is 38.4 Å². The number of hydrogen-bond donors (Lipinski definition) is 1. The fourth-order valence-electron chi connectivity index (χ4n) is 5.55. The van der Waals surface area contributed by atoms with Crippen molar-refractivity contribution >= 4 is 31.5 Å². The van der Waals surface area contributed by atoms with Gasteiger partial charge in [-0.25, -0.2) is 27.4 Å². The molecule has 0 saturated carbocycles. The van der Waals surface area contributed by atoms with E-state index in [4.69, 9.17) is 46.7 Å². The van der Waals surface area contributed by atoms with Crippen molar-refractivity contribution in [1.82, 2.24) is 14.5 Å². The molecule has 4 rings (SSSR count). The number of nitrogens with zero attached hydrogens (tertiary/aromatic N) is 2. The van der Waals surface area contributed by atoms with Gasteiger partial charge < -0.3 is 33.2 Å². The van der Waals surface area contributed by atoms with E-state index in [0.29, 0.717) is 10.1 Å². The summed E-state index contributed by atoms with van der Waals surface area (Å²) >= 11 is 0. The molecule has 0 radical (unpaired) electrons. The van der Waals surface area contributed by atoms with E-state index in [1.807, 2.05) is 0 Å². The van der Waals surface area contributed by atoms with E-state index in [-0.39, 0.29) is 18.2 Å². The van der Waals surface area contributed by atoms with Gasteiger partial charge in [0.1, 0.15) is 24.9 Å². The highest BCUT2D eigenvalue weighted by Gasteiger charge is 2.63. The molecule has 322 valence electrons. The topological polar surface area (TPSA) is 234 Å². The van der Waals surface area contributed by atoms with Crippen molar-refractivity contribution in [2.75, 3.05) is 40.5 Å². The first-order valence-corrected chi connectivity index (χ1v) is 19.7. The van der Waals surface area contributed by atoms with Gasteiger partial charge in [-0.15, -0.1) is 0 Å². The minimum Gasteiger partial charge on any atom is -0.442 e. The van der Waals surface area contributed by atoms with Gasteiger partial charge in [0, 0.05) is 24.9 Å². The molecule has 2 fully saturated rings. The summed E-state index contributed by atoms with van der Waals surface area (Å²) in [5.74, 6) is -4.11. The highest BCUT2D eigenvalue weighted by Crippen LogP contribution is 2.53. The fourth-order valence-corrected chi connectivity index (χ4v) is 6.51. The van der Waals surface area contributed by atoms with E-state index in [1.54, 1.807) is 44.2 Å². The number of ketones is 1. The quantitative estimate of drug-likeness (QED) is 0.0589. The van der Waals surface area contributed by atoms with E-state index < -0.39 is 119 Å². The van der Waals surface area contributed by atoms with Gasteiger partial charge in [-0.05, 0) is 5.92 Å². The smallest absolute Gasteiger partial charge is 0.442 e. The number of halogens is 1. The lowest BCUT2D eigenvalue weighted by Gasteiger charge is -2.31. The Balaban J connectivity index is 1.54. The molecule has 1 N–H and O–H groups in total. The van der Waals surface area contributed by atoms with Gasteiger partial charge in [0.25, 0.3) is 12.0 Å².